The summed E-state index contributed by atoms with van der Waals surface area (Å²) in [5.74, 6) is 0. The summed E-state index contributed by atoms with van der Waals surface area (Å²) in [6, 6.07) is 24.4. The van der Waals surface area contributed by atoms with Crippen LogP contribution < -0.4 is 0 Å². The second kappa shape index (κ2) is 6.75. The molecule has 0 spiro atoms. The van der Waals surface area contributed by atoms with Gasteiger partial charge in [-0.1, -0.05) is 54.6 Å². The van der Waals surface area contributed by atoms with Gasteiger partial charge in [0.2, 0.25) is 5.71 Å². The van der Waals surface area contributed by atoms with Crippen LogP contribution >= 0.6 is 15.9 Å². The van der Waals surface area contributed by atoms with E-state index in [1.807, 2.05) is 42.5 Å². The van der Waals surface area contributed by atoms with Crippen LogP contribution in [0.25, 0.3) is 55.5 Å². The fourth-order valence-electron chi connectivity index (χ4n) is 3.88. The molecule has 0 amide bonds. The first-order chi connectivity index (χ1) is 14.8. The Morgan fingerprint density at radius 1 is 0.700 bits per heavy atom. The van der Waals surface area contributed by atoms with Crippen molar-refractivity contribution in [3.8, 4) is 22.5 Å². The van der Waals surface area contributed by atoms with E-state index >= 15 is 0 Å². The molecule has 0 fully saturated rings. The number of nitrogens with zero attached hydrogens (tertiary/aromatic N) is 3. The van der Waals surface area contributed by atoms with E-state index in [0.29, 0.717) is 5.71 Å². The first-order valence-corrected chi connectivity index (χ1v) is 10.4. The molecule has 142 valence electrons. The van der Waals surface area contributed by atoms with E-state index in [2.05, 4.69) is 51.2 Å². The van der Waals surface area contributed by atoms with Gasteiger partial charge >= 0.3 is 0 Å². The lowest BCUT2D eigenvalue weighted by atomic mass is 9.99. The van der Waals surface area contributed by atoms with E-state index in [9.17, 15) is 0 Å². The molecule has 6 rings (SSSR count). The molecule has 0 N–H and O–H groups in total. The smallest absolute Gasteiger partial charge is 0.246 e. The average Bonchev–Trinajstić information content (AvgIpc) is 3.16. The maximum Gasteiger partial charge on any atom is 0.246 e. The Balaban J connectivity index is 1.77. The summed E-state index contributed by atoms with van der Waals surface area (Å²) in [6.45, 7) is 0. The highest BCUT2D eigenvalue weighted by Gasteiger charge is 2.20. The van der Waals surface area contributed by atoms with Crippen molar-refractivity contribution < 1.29 is 4.42 Å². The summed E-state index contributed by atoms with van der Waals surface area (Å²) in [5, 5.41) is 3.24. The molecule has 0 saturated heterocycles. The van der Waals surface area contributed by atoms with Crippen LogP contribution in [0.5, 0.6) is 0 Å². The van der Waals surface area contributed by atoms with E-state index in [4.69, 9.17) is 14.4 Å². The summed E-state index contributed by atoms with van der Waals surface area (Å²) < 4.78 is 6.93. The van der Waals surface area contributed by atoms with Gasteiger partial charge < -0.3 is 4.42 Å². The predicted molar refractivity (Wildman–Crippen MR) is 123 cm³/mol. The SMILES string of the molecule is Brc1ccncc1-c1nc2oc3ccccc3c2nc1-c1cccc2ccccc12. The molecule has 3 aromatic heterocycles. The van der Waals surface area contributed by atoms with E-state index in [1.165, 1.54) is 0 Å². The van der Waals surface area contributed by atoms with Gasteiger partial charge in [-0.15, -0.1) is 0 Å². The van der Waals surface area contributed by atoms with Crippen LogP contribution in [0.2, 0.25) is 0 Å². The van der Waals surface area contributed by atoms with Crippen molar-refractivity contribution >= 4 is 48.9 Å². The third-order valence-electron chi connectivity index (χ3n) is 5.28. The Morgan fingerprint density at radius 2 is 1.47 bits per heavy atom. The van der Waals surface area contributed by atoms with Gasteiger partial charge in [0.1, 0.15) is 16.8 Å². The van der Waals surface area contributed by atoms with Crippen molar-refractivity contribution in [2.24, 2.45) is 0 Å². The highest BCUT2D eigenvalue weighted by Crippen LogP contribution is 2.39. The van der Waals surface area contributed by atoms with Crippen LogP contribution in [0.3, 0.4) is 0 Å². The normalized spacial score (nSPS) is 11.5. The molecular weight excluding hydrogens is 438 g/mol. The summed E-state index contributed by atoms with van der Waals surface area (Å²) >= 11 is 3.65. The third-order valence-corrected chi connectivity index (χ3v) is 5.97. The van der Waals surface area contributed by atoms with Crippen LogP contribution in [-0.2, 0) is 0 Å². The number of furan rings is 1. The zero-order chi connectivity index (χ0) is 20.1. The van der Waals surface area contributed by atoms with Gasteiger partial charge in [-0.25, -0.2) is 9.97 Å². The van der Waals surface area contributed by atoms with Gasteiger partial charge in [-0.2, -0.15) is 0 Å². The maximum absolute atomic E-state index is 6.02. The second-order valence-electron chi connectivity index (χ2n) is 7.06. The molecule has 0 atom stereocenters. The van der Waals surface area contributed by atoms with E-state index in [1.54, 1.807) is 12.4 Å². The third kappa shape index (κ3) is 2.63. The van der Waals surface area contributed by atoms with Crippen LogP contribution in [0.15, 0.2) is 94.1 Å². The summed E-state index contributed by atoms with van der Waals surface area (Å²) in [7, 11) is 0. The Morgan fingerprint density at radius 3 is 2.37 bits per heavy atom. The Hall–Kier alpha value is -3.57. The average molecular weight is 452 g/mol. The lowest BCUT2D eigenvalue weighted by molar-refractivity contribution is 0.653. The highest BCUT2D eigenvalue weighted by atomic mass is 79.9. The van der Waals surface area contributed by atoms with E-state index in [0.717, 1.165) is 54.2 Å². The minimum atomic E-state index is 0.519. The van der Waals surface area contributed by atoms with Crippen molar-refractivity contribution in [1.82, 2.24) is 15.0 Å². The minimum absolute atomic E-state index is 0.519. The molecular formula is C25H14BrN3O. The van der Waals surface area contributed by atoms with Crippen LogP contribution in [0.4, 0.5) is 0 Å². The second-order valence-corrected chi connectivity index (χ2v) is 7.91. The molecule has 5 heteroatoms. The largest absolute Gasteiger partial charge is 0.436 e. The van der Waals surface area contributed by atoms with Crippen LogP contribution in [0, 0.1) is 0 Å². The van der Waals surface area contributed by atoms with Gasteiger partial charge in [0.15, 0.2) is 0 Å². The number of rotatable bonds is 2. The molecule has 3 aromatic carbocycles. The van der Waals surface area contributed by atoms with Crippen LogP contribution in [0.1, 0.15) is 0 Å². The molecule has 0 radical (unpaired) electrons. The first kappa shape index (κ1) is 17.3. The van der Waals surface area contributed by atoms with Gasteiger partial charge in [-0.05, 0) is 44.9 Å². The predicted octanol–water partition coefficient (Wildman–Crippen LogP) is 7.02. The summed E-state index contributed by atoms with van der Waals surface area (Å²) in [4.78, 5) is 14.3. The fraction of sp³-hybridized carbons (Fsp3) is 0. The lowest BCUT2D eigenvalue weighted by Crippen LogP contribution is -1.96. The van der Waals surface area contributed by atoms with Crippen molar-refractivity contribution in [2.45, 2.75) is 0 Å². The Labute approximate surface area is 180 Å². The topological polar surface area (TPSA) is 51.8 Å². The number of fused-ring (bicyclic) bond motifs is 4. The molecule has 0 saturated carbocycles. The quantitative estimate of drug-likeness (QED) is 0.283. The molecule has 30 heavy (non-hydrogen) atoms. The first-order valence-electron chi connectivity index (χ1n) is 9.57. The minimum Gasteiger partial charge on any atom is -0.436 e. The number of pyridine rings is 1. The number of halogens is 1. The number of benzene rings is 3. The van der Waals surface area contributed by atoms with Crippen molar-refractivity contribution in [1.29, 1.82) is 0 Å². The van der Waals surface area contributed by atoms with E-state index in [-0.39, 0.29) is 0 Å². The number of hydrogen-bond donors (Lipinski definition) is 0. The van der Waals surface area contributed by atoms with Crippen molar-refractivity contribution in [3.05, 3.63) is 89.7 Å². The highest BCUT2D eigenvalue weighted by molar-refractivity contribution is 9.10. The van der Waals surface area contributed by atoms with Gasteiger partial charge in [-0.3, -0.25) is 4.98 Å². The van der Waals surface area contributed by atoms with Gasteiger partial charge in [0, 0.05) is 33.4 Å². The summed E-state index contributed by atoms with van der Waals surface area (Å²) in [5.41, 5.74) is 5.49. The standard InChI is InChI=1S/C25H14BrN3O/c26-20-12-13-27-14-19(20)23-22(17-10-5-7-15-6-1-2-8-16(15)17)28-24-18-9-3-4-11-21(18)30-25(24)29-23/h1-14H. The Kier molecular flexibility index (Phi) is 3.89. The lowest BCUT2D eigenvalue weighted by Gasteiger charge is -2.12. The molecule has 0 bridgehead atoms. The number of hydrogen-bond acceptors (Lipinski definition) is 4. The number of para-hydroxylation sites is 1. The fourth-order valence-corrected chi connectivity index (χ4v) is 4.29. The van der Waals surface area contributed by atoms with Gasteiger partial charge in [0.25, 0.3) is 0 Å². The monoisotopic (exact) mass is 451 g/mol. The zero-order valence-electron chi connectivity index (χ0n) is 15.7. The van der Waals surface area contributed by atoms with Crippen molar-refractivity contribution in [2.75, 3.05) is 0 Å². The maximum atomic E-state index is 6.02. The molecule has 0 unspecified atom stereocenters. The van der Waals surface area contributed by atoms with Gasteiger partial charge in [0.05, 0.1) is 5.69 Å². The number of aromatic nitrogens is 3. The summed E-state index contributed by atoms with van der Waals surface area (Å²) in [6.07, 6.45) is 3.55. The molecule has 0 aliphatic heterocycles. The zero-order valence-corrected chi connectivity index (χ0v) is 17.3. The Bertz CT molecular complexity index is 1570. The molecule has 6 aromatic rings. The molecule has 0 aliphatic rings. The van der Waals surface area contributed by atoms with Crippen LogP contribution in [-0.4, -0.2) is 15.0 Å². The molecule has 4 nitrogen and oxygen atoms in total. The van der Waals surface area contributed by atoms with Crippen molar-refractivity contribution in [3.63, 3.8) is 0 Å². The molecule has 0 aliphatic carbocycles. The molecule has 3 heterocycles. The van der Waals surface area contributed by atoms with E-state index < -0.39 is 0 Å².